The van der Waals surface area contributed by atoms with Gasteiger partial charge in [-0.05, 0) is 58.9 Å². The van der Waals surface area contributed by atoms with Crippen LogP contribution in [0.15, 0.2) is 10.5 Å². The molecule has 1 fully saturated rings. The van der Waals surface area contributed by atoms with Gasteiger partial charge in [0.05, 0.1) is 5.69 Å². The van der Waals surface area contributed by atoms with E-state index in [1.807, 2.05) is 0 Å². The Kier molecular flexibility index (Phi) is 8.00. The van der Waals surface area contributed by atoms with Gasteiger partial charge >= 0.3 is 18.4 Å². The van der Waals surface area contributed by atoms with Crippen molar-refractivity contribution in [3.05, 3.63) is 17.5 Å². The average molecular weight is 580 g/mol. The molecule has 2 aliphatic rings. The predicted molar refractivity (Wildman–Crippen MR) is 130 cm³/mol. The van der Waals surface area contributed by atoms with Crippen molar-refractivity contribution in [2.24, 2.45) is 0 Å². The number of ether oxygens (including phenoxy) is 1. The van der Waals surface area contributed by atoms with Crippen LogP contribution in [0.5, 0.6) is 0 Å². The van der Waals surface area contributed by atoms with Crippen molar-refractivity contribution in [2.75, 3.05) is 16.8 Å². The second-order valence-corrected chi connectivity index (χ2v) is 11.1. The maximum absolute atomic E-state index is 14.3. The zero-order chi connectivity index (χ0) is 29.5. The first-order valence-corrected chi connectivity index (χ1v) is 13.0. The van der Waals surface area contributed by atoms with Crippen LogP contribution in [0.3, 0.4) is 0 Å². The molecule has 2 aromatic heterocycles. The third-order valence-electron chi connectivity index (χ3n) is 6.87. The first-order valence-electron chi connectivity index (χ1n) is 13.0. The molecule has 15 heteroatoms. The van der Waals surface area contributed by atoms with Gasteiger partial charge in [0.2, 0.25) is 5.60 Å². The van der Waals surface area contributed by atoms with Gasteiger partial charge < -0.3 is 19.2 Å². The van der Waals surface area contributed by atoms with Gasteiger partial charge in [0, 0.05) is 12.6 Å². The number of carbonyl (C=O) groups is 1. The van der Waals surface area contributed by atoms with E-state index in [2.05, 4.69) is 20.5 Å². The molecule has 0 radical (unpaired) electrons. The lowest BCUT2D eigenvalue weighted by atomic mass is 9.94. The van der Waals surface area contributed by atoms with Gasteiger partial charge in [-0.3, -0.25) is 5.32 Å². The van der Waals surface area contributed by atoms with E-state index in [9.17, 15) is 36.2 Å². The molecule has 9 nitrogen and oxygen atoms in total. The van der Waals surface area contributed by atoms with E-state index in [0.29, 0.717) is 44.6 Å². The van der Waals surface area contributed by atoms with E-state index in [1.54, 1.807) is 20.8 Å². The summed E-state index contributed by atoms with van der Waals surface area (Å²) >= 11 is 0. The Morgan fingerprint density at radius 1 is 1.07 bits per heavy atom. The fraction of sp³-hybridized carbons (Fsp3) is 0.680. The van der Waals surface area contributed by atoms with Crippen molar-refractivity contribution in [1.29, 1.82) is 0 Å². The molecule has 222 valence electrons. The highest BCUT2D eigenvalue weighted by Crippen LogP contribution is 2.46. The van der Waals surface area contributed by atoms with Crippen LogP contribution in [0, 0.1) is 0 Å². The number of halogens is 6. The van der Waals surface area contributed by atoms with Gasteiger partial charge in [-0.2, -0.15) is 26.3 Å². The normalized spacial score (nSPS) is 22.8. The topological polar surface area (TPSA) is 114 Å². The Balaban J connectivity index is 1.92. The molecule has 2 atom stereocenters. The molecule has 4 bridgehead atoms. The number of carbonyl (C=O) groups excluding carboxylic acids is 1. The number of hydrogen-bond acceptors (Lipinski definition) is 8. The summed E-state index contributed by atoms with van der Waals surface area (Å²) in [6.45, 7) is 4.90. The Hall–Kier alpha value is -3.10. The summed E-state index contributed by atoms with van der Waals surface area (Å²) in [4.78, 5) is 18.2. The molecule has 0 saturated carbocycles. The maximum atomic E-state index is 14.3. The van der Waals surface area contributed by atoms with E-state index in [4.69, 9.17) is 9.15 Å². The number of fused-ring (bicyclic) bond motifs is 7. The fourth-order valence-electron chi connectivity index (χ4n) is 4.99. The second kappa shape index (κ2) is 10.7. The number of anilines is 2. The van der Waals surface area contributed by atoms with Gasteiger partial charge in [-0.1, -0.05) is 19.3 Å². The second-order valence-electron chi connectivity index (χ2n) is 11.1. The van der Waals surface area contributed by atoms with Crippen LogP contribution in [0.25, 0.3) is 11.6 Å². The summed E-state index contributed by atoms with van der Waals surface area (Å²) in [5, 5.41) is 19.8. The first-order chi connectivity index (χ1) is 18.5. The summed E-state index contributed by atoms with van der Waals surface area (Å²) in [5.41, 5.74) is -6.69. The SMILES string of the molecule is CC(C)(C)OC(=O)Nc1cc(C(F)(F)F)c2nc1-c1nnc(o1)C(O)(C(F)(F)F)CCCCCCC1CCCN21. The molecule has 0 aromatic carbocycles. The molecule has 1 saturated heterocycles. The predicted octanol–water partition coefficient (Wildman–Crippen LogP) is 6.57. The van der Waals surface area contributed by atoms with E-state index in [-0.39, 0.29) is 19.0 Å². The lowest BCUT2D eigenvalue weighted by molar-refractivity contribution is -0.277. The summed E-state index contributed by atoms with van der Waals surface area (Å²) < 4.78 is 95.4. The fourth-order valence-corrected chi connectivity index (χ4v) is 4.99. The standard InChI is InChI=1S/C25H31F6N5O4/c1-22(2,3)40-21(37)32-16-13-15(24(26,27)28)18-33-17(16)19-34-35-20(39-19)23(38,25(29,30)31)11-7-5-4-6-9-14-10-8-12-36(14)18/h13-14,38H,4-12H2,1-3H3,(H,32,37). The number of alkyl halides is 6. The molecular weight excluding hydrogens is 548 g/mol. The molecule has 0 aliphatic carbocycles. The number of pyridine rings is 1. The van der Waals surface area contributed by atoms with E-state index < -0.39 is 70.6 Å². The third kappa shape index (κ3) is 6.28. The summed E-state index contributed by atoms with van der Waals surface area (Å²) in [6, 6.07) is 0.358. The molecule has 1 amide bonds. The number of aromatic nitrogens is 3. The largest absolute Gasteiger partial charge is 0.444 e. The van der Waals surface area contributed by atoms with Gasteiger partial charge in [0.25, 0.3) is 11.8 Å². The van der Waals surface area contributed by atoms with Gasteiger partial charge in [-0.15, -0.1) is 10.2 Å². The molecule has 2 aliphatic heterocycles. The quantitative estimate of drug-likeness (QED) is 0.365. The zero-order valence-electron chi connectivity index (χ0n) is 22.2. The number of amides is 1. The van der Waals surface area contributed by atoms with Crippen LogP contribution >= 0.6 is 0 Å². The van der Waals surface area contributed by atoms with Crippen molar-refractivity contribution in [3.63, 3.8) is 0 Å². The van der Waals surface area contributed by atoms with Crippen molar-refractivity contribution >= 4 is 17.6 Å². The van der Waals surface area contributed by atoms with Crippen molar-refractivity contribution in [1.82, 2.24) is 15.2 Å². The average Bonchev–Trinajstić information content (AvgIpc) is 3.48. The number of nitrogens with zero attached hydrogens (tertiary/aromatic N) is 4. The molecule has 40 heavy (non-hydrogen) atoms. The van der Waals surface area contributed by atoms with Crippen molar-refractivity contribution in [3.8, 4) is 11.6 Å². The highest BCUT2D eigenvalue weighted by Gasteiger charge is 2.58. The van der Waals surface area contributed by atoms with Gasteiger partial charge in [0.15, 0.2) is 5.69 Å². The molecule has 2 unspecified atom stereocenters. The minimum atomic E-state index is -5.18. The number of aliphatic hydroxyl groups is 1. The van der Waals surface area contributed by atoms with Crippen LogP contribution in [0.1, 0.15) is 83.6 Å². The van der Waals surface area contributed by atoms with Crippen LogP contribution in [0.4, 0.5) is 42.6 Å². The van der Waals surface area contributed by atoms with Crippen molar-refractivity contribution in [2.45, 2.75) is 102 Å². The number of nitrogens with one attached hydrogen (secondary N) is 1. The highest BCUT2D eigenvalue weighted by molar-refractivity contribution is 5.90. The smallest absolute Gasteiger partial charge is 0.426 e. The monoisotopic (exact) mass is 579 g/mol. The first kappa shape index (κ1) is 29.9. The molecule has 2 aromatic rings. The van der Waals surface area contributed by atoms with Crippen LogP contribution in [-0.2, 0) is 16.5 Å². The summed E-state index contributed by atoms with van der Waals surface area (Å²) in [5.74, 6) is -2.33. The molecule has 0 spiro atoms. The van der Waals surface area contributed by atoms with Gasteiger partial charge in [0.1, 0.15) is 17.0 Å². The number of rotatable bonds is 1. The van der Waals surface area contributed by atoms with Gasteiger partial charge in [-0.25, -0.2) is 9.78 Å². The van der Waals surface area contributed by atoms with E-state index in [1.165, 1.54) is 4.90 Å². The van der Waals surface area contributed by atoms with Crippen molar-refractivity contribution < 1.29 is 45.4 Å². The summed E-state index contributed by atoms with van der Waals surface area (Å²) in [6.07, 6.45) is -8.74. The Morgan fingerprint density at radius 2 is 1.75 bits per heavy atom. The zero-order valence-corrected chi connectivity index (χ0v) is 22.2. The van der Waals surface area contributed by atoms with Crippen LogP contribution in [-0.4, -0.2) is 50.7 Å². The third-order valence-corrected chi connectivity index (χ3v) is 6.87. The lowest BCUT2D eigenvalue weighted by Gasteiger charge is -2.29. The minimum Gasteiger partial charge on any atom is -0.444 e. The maximum Gasteiger partial charge on any atom is 0.426 e. The molecule has 4 heterocycles. The molecule has 2 N–H and O–H groups in total. The highest BCUT2D eigenvalue weighted by atomic mass is 19.4. The van der Waals surface area contributed by atoms with E-state index >= 15 is 0 Å². The molecule has 4 rings (SSSR count). The number of hydrogen-bond donors (Lipinski definition) is 2. The Labute approximate surface area is 226 Å². The Bertz CT molecular complexity index is 1230. The lowest BCUT2D eigenvalue weighted by Crippen LogP contribution is -2.42. The van der Waals surface area contributed by atoms with Crippen LogP contribution < -0.4 is 10.2 Å². The minimum absolute atomic E-state index is 0.00220. The summed E-state index contributed by atoms with van der Waals surface area (Å²) in [7, 11) is 0. The molecular formula is C25H31F6N5O4. The van der Waals surface area contributed by atoms with Crippen LogP contribution in [0.2, 0.25) is 0 Å². The van der Waals surface area contributed by atoms with E-state index in [0.717, 1.165) is 0 Å². The Morgan fingerprint density at radius 3 is 2.40 bits per heavy atom.